The number of fused-ring (bicyclic) bond motifs is 1. The first-order chi connectivity index (χ1) is 17.3. The molecule has 11 heteroatoms. The van der Waals surface area contributed by atoms with Crippen molar-refractivity contribution in [3.8, 4) is 5.75 Å². The van der Waals surface area contributed by atoms with Gasteiger partial charge in [0.05, 0.1) is 22.9 Å². The minimum Gasteiger partial charge on any atom is -0.485 e. The van der Waals surface area contributed by atoms with Crippen molar-refractivity contribution in [2.24, 2.45) is 0 Å². The number of hydrogen-bond acceptors (Lipinski definition) is 4. The van der Waals surface area contributed by atoms with Gasteiger partial charge in [-0.3, -0.25) is 9.20 Å². The van der Waals surface area contributed by atoms with E-state index in [2.05, 4.69) is 31.5 Å². The highest BCUT2D eigenvalue weighted by atomic mass is 79.9. The summed E-state index contributed by atoms with van der Waals surface area (Å²) >= 11 is 16.6. The maximum absolute atomic E-state index is 12.8. The summed E-state index contributed by atoms with van der Waals surface area (Å²) in [6, 6.07) is 15.4. The normalized spacial score (nSPS) is 10.8. The molecule has 0 saturated carbocycles. The monoisotopic (exact) mass is 589 g/mol. The molecule has 0 fully saturated rings. The van der Waals surface area contributed by atoms with Crippen LogP contribution in [-0.2, 0) is 11.4 Å². The van der Waals surface area contributed by atoms with E-state index in [1.165, 1.54) is 4.90 Å². The molecule has 0 aliphatic rings. The number of likely N-dealkylation sites (N-methyl/N-ethyl adjacent to an activating group) is 1. The number of urea groups is 1. The van der Waals surface area contributed by atoms with E-state index in [4.69, 9.17) is 27.9 Å². The van der Waals surface area contributed by atoms with Gasteiger partial charge in [-0.2, -0.15) is 0 Å². The first-order valence-corrected chi connectivity index (χ1v) is 12.4. The van der Waals surface area contributed by atoms with Gasteiger partial charge < -0.3 is 20.3 Å². The van der Waals surface area contributed by atoms with Gasteiger partial charge in [0.2, 0.25) is 5.91 Å². The summed E-state index contributed by atoms with van der Waals surface area (Å²) in [5, 5.41) is 5.89. The lowest BCUT2D eigenvalue weighted by atomic mass is 10.2. The van der Waals surface area contributed by atoms with Crippen molar-refractivity contribution >= 4 is 68.1 Å². The summed E-state index contributed by atoms with van der Waals surface area (Å²) in [5.41, 5.74) is 3.06. The number of carbonyl (C=O) groups is 2. The number of anilines is 2. The van der Waals surface area contributed by atoms with Gasteiger partial charge in [0.25, 0.3) is 0 Å². The Bertz CT molecular complexity index is 1430. The third-order valence-electron chi connectivity index (χ3n) is 5.42. The van der Waals surface area contributed by atoms with E-state index in [1.807, 2.05) is 35.7 Å². The van der Waals surface area contributed by atoms with Crippen molar-refractivity contribution in [3.63, 3.8) is 0 Å². The van der Waals surface area contributed by atoms with Crippen LogP contribution in [0.5, 0.6) is 5.75 Å². The summed E-state index contributed by atoms with van der Waals surface area (Å²) < 4.78 is 8.74. The van der Waals surface area contributed by atoms with E-state index in [-0.39, 0.29) is 24.1 Å². The maximum atomic E-state index is 12.8. The van der Waals surface area contributed by atoms with Crippen LogP contribution in [0.3, 0.4) is 0 Å². The van der Waals surface area contributed by atoms with Crippen LogP contribution < -0.4 is 20.3 Å². The molecule has 4 aromatic rings. The molecule has 0 spiro atoms. The lowest BCUT2D eigenvalue weighted by molar-refractivity contribution is -0.117. The number of rotatable bonds is 7. The molecule has 0 unspecified atom stereocenters. The van der Waals surface area contributed by atoms with E-state index in [9.17, 15) is 9.59 Å². The predicted molar refractivity (Wildman–Crippen MR) is 145 cm³/mol. The molecule has 2 aromatic heterocycles. The molecule has 2 heterocycles. The van der Waals surface area contributed by atoms with Crippen LogP contribution in [-0.4, -0.2) is 34.9 Å². The zero-order valence-electron chi connectivity index (χ0n) is 19.4. The first kappa shape index (κ1) is 25.8. The van der Waals surface area contributed by atoms with Crippen molar-refractivity contribution in [1.29, 1.82) is 0 Å². The number of hydrogen-bond donors (Lipinski definition) is 2. The standard InChI is InChI=1S/C25H22BrCl2N5O3/c1-15-23(26)33-12-6-9-20(24(33)30-15)36-14-17-18(27)10-11-19(22(17)28)32(2)21(34)13-29-25(35)31-16-7-4-3-5-8-16/h3-12H,13-14H2,1-2H3,(H2,29,31,35). The van der Waals surface area contributed by atoms with Gasteiger partial charge in [0.1, 0.15) is 11.2 Å². The molecule has 4 rings (SSSR count). The Kier molecular flexibility index (Phi) is 8.03. The number of pyridine rings is 1. The fourth-order valence-corrected chi connectivity index (χ4v) is 4.45. The molecule has 3 amide bonds. The Labute approximate surface area is 226 Å². The van der Waals surface area contributed by atoms with Crippen LogP contribution in [0.1, 0.15) is 11.3 Å². The Balaban J connectivity index is 1.44. The highest BCUT2D eigenvalue weighted by molar-refractivity contribution is 9.10. The number of nitrogens with one attached hydrogen (secondary N) is 2. The molecule has 0 saturated heterocycles. The van der Waals surface area contributed by atoms with Gasteiger partial charge in [-0.1, -0.05) is 41.4 Å². The highest BCUT2D eigenvalue weighted by Crippen LogP contribution is 2.35. The molecule has 0 aliphatic heterocycles. The SMILES string of the molecule is Cc1nc2c(OCc3c(Cl)ccc(N(C)C(=O)CNC(=O)Nc4ccccc4)c3Cl)cccn2c1Br. The zero-order valence-corrected chi connectivity index (χ0v) is 22.5. The van der Waals surface area contributed by atoms with Crippen LogP contribution in [0, 0.1) is 6.92 Å². The van der Waals surface area contributed by atoms with Gasteiger partial charge in [-0.25, -0.2) is 9.78 Å². The second kappa shape index (κ2) is 11.2. The largest absolute Gasteiger partial charge is 0.485 e. The third kappa shape index (κ3) is 5.59. The average molecular weight is 591 g/mol. The average Bonchev–Trinajstić information content (AvgIpc) is 3.16. The molecule has 186 valence electrons. The molecule has 0 aliphatic carbocycles. The fourth-order valence-electron chi connectivity index (χ4n) is 3.47. The number of para-hydroxylation sites is 1. The number of aryl methyl sites for hydroxylation is 1. The van der Waals surface area contributed by atoms with E-state index >= 15 is 0 Å². The molecule has 2 N–H and O–H groups in total. The lowest BCUT2D eigenvalue weighted by Crippen LogP contribution is -2.40. The van der Waals surface area contributed by atoms with Crippen molar-refractivity contribution < 1.29 is 14.3 Å². The number of ether oxygens (including phenoxy) is 1. The van der Waals surface area contributed by atoms with E-state index in [1.54, 1.807) is 43.4 Å². The number of imidazole rings is 1. The topological polar surface area (TPSA) is 88.0 Å². The highest BCUT2D eigenvalue weighted by Gasteiger charge is 2.20. The molecule has 0 atom stereocenters. The predicted octanol–water partition coefficient (Wildman–Crippen LogP) is 6.08. The molecular weight excluding hydrogens is 569 g/mol. The Morgan fingerprint density at radius 3 is 2.61 bits per heavy atom. The quantitative estimate of drug-likeness (QED) is 0.273. The van der Waals surface area contributed by atoms with Crippen molar-refractivity contribution in [2.75, 3.05) is 23.8 Å². The lowest BCUT2D eigenvalue weighted by Gasteiger charge is -2.21. The summed E-state index contributed by atoms with van der Waals surface area (Å²) in [5.74, 6) is 0.193. The van der Waals surface area contributed by atoms with Gasteiger partial charge in [0, 0.05) is 29.5 Å². The third-order valence-corrected chi connectivity index (χ3v) is 7.15. The van der Waals surface area contributed by atoms with Crippen LogP contribution >= 0.6 is 39.1 Å². The van der Waals surface area contributed by atoms with Gasteiger partial charge in [-0.05, 0) is 59.3 Å². The molecule has 8 nitrogen and oxygen atoms in total. The molecule has 2 aromatic carbocycles. The maximum Gasteiger partial charge on any atom is 0.319 e. The Hall–Kier alpha value is -3.27. The van der Waals surface area contributed by atoms with Crippen LogP contribution in [0.15, 0.2) is 65.4 Å². The number of benzene rings is 2. The number of nitrogens with zero attached hydrogens (tertiary/aromatic N) is 3. The molecular formula is C25H22BrCl2N5O3. The second-order valence-corrected chi connectivity index (χ2v) is 9.36. The number of halogens is 3. The first-order valence-electron chi connectivity index (χ1n) is 10.9. The smallest absolute Gasteiger partial charge is 0.319 e. The van der Waals surface area contributed by atoms with Gasteiger partial charge in [0.15, 0.2) is 11.4 Å². The van der Waals surface area contributed by atoms with Crippen molar-refractivity contribution in [3.05, 3.63) is 86.7 Å². The minimum atomic E-state index is -0.491. The zero-order chi connectivity index (χ0) is 25.8. The minimum absolute atomic E-state index is 0.0640. The van der Waals surface area contributed by atoms with Gasteiger partial charge in [-0.15, -0.1) is 0 Å². The molecule has 36 heavy (non-hydrogen) atoms. The number of carbonyl (C=O) groups excluding carboxylic acids is 2. The van der Waals surface area contributed by atoms with Gasteiger partial charge >= 0.3 is 6.03 Å². The second-order valence-electron chi connectivity index (χ2n) is 7.83. The Morgan fingerprint density at radius 1 is 1.11 bits per heavy atom. The summed E-state index contributed by atoms with van der Waals surface area (Å²) in [4.78, 5) is 30.8. The number of aromatic nitrogens is 2. The molecule has 0 radical (unpaired) electrons. The van der Waals surface area contributed by atoms with Crippen LogP contribution in [0.25, 0.3) is 5.65 Å². The summed E-state index contributed by atoms with van der Waals surface area (Å²) in [7, 11) is 1.57. The number of amides is 3. The summed E-state index contributed by atoms with van der Waals surface area (Å²) in [6.07, 6.45) is 1.88. The van der Waals surface area contributed by atoms with Crippen LogP contribution in [0.4, 0.5) is 16.2 Å². The summed E-state index contributed by atoms with van der Waals surface area (Å²) in [6.45, 7) is 1.73. The Morgan fingerprint density at radius 2 is 1.86 bits per heavy atom. The van der Waals surface area contributed by atoms with E-state index in [0.29, 0.717) is 33.4 Å². The van der Waals surface area contributed by atoms with E-state index in [0.717, 1.165) is 10.3 Å². The van der Waals surface area contributed by atoms with Crippen molar-refractivity contribution in [2.45, 2.75) is 13.5 Å². The van der Waals surface area contributed by atoms with Crippen molar-refractivity contribution in [1.82, 2.24) is 14.7 Å². The van der Waals surface area contributed by atoms with Crippen LogP contribution in [0.2, 0.25) is 10.0 Å². The van der Waals surface area contributed by atoms with E-state index < -0.39 is 6.03 Å². The molecule has 0 bridgehead atoms. The fraction of sp³-hybridized carbons (Fsp3) is 0.160.